The Balaban J connectivity index is 2.67. The average molecular weight is 207 g/mol. The van der Waals surface area contributed by atoms with Gasteiger partial charge in [0.25, 0.3) is 5.91 Å². The van der Waals surface area contributed by atoms with E-state index < -0.39 is 0 Å². The third-order valence-electron chi connectivity index (χ3n) is 1.88. The summed E-state index contributed by atoms with van der Waals surface area (Å²) in [5, 5.41) is 5.86. The summed E-state index contributed by atoms with van der Waals surface area (Å²) < 4.78 is 0. The third kappa shape index (κ3) is 3.58. The van der Waals surface area contributed by atoms with Crippen LogP contribution in [0.15, 0.2) is 18.2 Å². The molecule has 0 saturated heterocycles. The van der Waals surface area contributed by atoms with Crippen molar-refractivity contribution < 1.29 is 4.79 Å². The zero-order valence-electron chi connectivity index (χ0n) is 9.21. The number of hydrogen-bond acceptors (Lipinski definition) is 3. The van der Waals surface area contributed by atoms with Crippen LogP contribution in [-0.2, 0) is 0 Å². The first-order valence-corrected chi connectivity index (χ1v) is 5.27. The van der Waals surface area contributed by atoms with Crippen LogP contribution >= 0.6 is 0 Å². The fourth-order valence-corrected chi connectivity index (χ4v) is 1.17. The van der Waals surface area contributed by atoms with Crippen molar-refractivity contribution in [2.45, 2.75) is 20.3 Å². The molecule has 2 N–H and O–H groups in total. The molecule has 0 bridgehead atoms. The largest absolute Gasteiger partial charge is 0.370 e. The van der Waals surface area contributed by atoms with Crippen LogP contribution in [0.1, 0.15) is 30.8 Å². The van der Waals surface area contributed by atoms with Crippen LogP contribution in [-0.4, -0.2) is 24.0 Å². The maximum Gasteiger partial charge on any atom is 0.269 e. The first kappa shape index (κ1) is 11.5. The van der Waals surface area contributed by atoms with E-state index in [4.69, 9.17) is 0 Å². The molecule has 1 heterocycles. The topological polar surface area (TPSA) is 54.0 Å². The van der Waals surface area contributed by atoms with Crippen molar-refractivity contribution in [2.75, 3.05) is 18.4 Å². The number of carbonyl (C=O) groups is 1. The van der Waals surface area contributed by atoms with Gasteiger partial charge >= 0.3 is 0 Å². The van der Waals surface area contributed by atoms with Gasteiger partial charge in [0, 0.05) is 13.1 Å². The lowest BCUT2D eigenvalue weighted by Crippen LogP contribution is -2.25. The predicted octanol–water partition coefficient (Wildman–Crippen LogP) is 1.65. The Bertz CT molecular complexity index is 325. The van der Waals surface area contributed by atoms with Crippen LogP contribution in [0.4, 0.5) is 5.82 Å². The Hall–Kier alpha value is -1.58. The van der Waals surface area contributed by atoms with Gasteiger partial charge in [-0.15, -0.1) is 0 Å². The number of nitrogens with zero attached hydrogens (tertiary/aromatic N) is 1. The van der Waals surface area contributed by atoms with E-state index in [9.17, 15) is 4.79 Å². The minimum absolute atomic E-state index is 0.114. The van der Waals surface area contributed by atoms with Crippen molar-refractivity contribution in [1.82, 2.24) is 10.3 Å². The Kier molecular flexibility index (Phi) is 4.60. The summed E-state index contributed by atoms with van der Waals surface area (Å²) in [5.41, 5.74) is 0.460. The second-order valence-electron chi connectivity index (χ2n) is 3.19. The van der Waals surface area contributed by atoms with Gasteiger partial charge in [-0.3, -0.25) is 4.79 Å². The van der Waals surface area contributed by atoms with E-state index >= 15 is 0 Å². The molecule has 0 aliphatic rings. The van der Waals surface area contributed by atoms with Crippen molar-refractivity contribution in [3.63, 3.8) is 0 Å². The molecule has 1 amide bonds. The van der Waals surface area contributed by atoms with Crippen molar-refractivity contribution in [1.29, 1.82) is 0 Å². The number of rotatable bonds is 5. The normalized spacial score (nSPS) is 9.73. The highest BCUT2D eigenvalue weighted by Crippen LogP contribution is 2.04. The number of anilines is 1. The molecule has 1 aromatic rings. The van der Waals surface area contributed by atoms with Gasteiger partial charge in [-0.1, -0.05) is 13.0 Å². The Morgan fingerprint density at radius 2 is 2.20 bits per heavy atom. The van der Waals surface area contributed by atoms with E-state index in [2.05, 4.69) is 15.6 Å². The smallest absolute Gasteiger partial charge is 0.269 e. The van der Waals surface area contributed by atoms with Crippen LogP contribution in [0.3, 0.4) is 0 Å². The molecule has 0 saturated carbocycles. The Morgan fingerprint density at radius 1 is 1.40 bits per heavy atom. The molecular formula is C11H17N3O. The molecule has 0 aromatic carbocycles. The maximum absolute atomic E-state index is 11.6. The molecule has 0 atom stereocenters. The second-order valence-corrected chi connectivity index (χ2v) is 3.19. The molecule has 0 fully saturated rings. The molecule has 0 radical (unpaired) electrons. The van der Waals surface area contributed by atoms with E-state index in [1.54, 1.807) is 6.07 Å². The van der Waals surface area contributed by atoms with Crippen LogP contribution in [0, 0.1) is 0 Å². The second kappa shape index (κ2) is 6.01. The highest BCUT2D eigenvalue weighted by molar-refractivity contribution is 5.92. The van der Waals surface area contributed by atoms with Gasteiger partial charge in [-0.2, -0.15) is 0 Å². The van der Waals surface area contributed by atoms with Gasteiger partial charge in [0.1, 0.15) is 11.5 Å². The first-order valence-electron chi connectivity index (χ1n) is 5.27. The summed E-state index contributed by atoms with van der Waals surface area (Å²) in [4.78, 5) is 15.8. The van der Waals surface area contributed by atoms with E-state index in [-0.39, 0.29) is 5.91 Å². The number of aromatic nitrogens is 1. The summed E-state index contributed by atoms with van der Waals surface area (Å²) >= 11 is 0. The van der Waals surface area contributed by atoms with Crippen LogP contribution < -0.4 is 10.6 Å². The van der Waals surface area contributed by atoms with Gasteiger partial charge in [0.2, 0.25) is 0 Å². The maximum atomic E-state index is 11.6. The highest BCUT2D eigenvalue weighted by atomic mass is 16.1. The monoisotopic (exact) mass is 207 g/mol. The molecule has 82 valence electrons. The predicted molar refractivity (Wildman–Crippen MR) is 61.0 cm³/mol. The lowest BCUT2D eigenvalue weighted by molar-refractivity contribution is 0.0949. The molecule has 0 unspecified atom stereocenters. The summed E-state index contributed by atoms with van der Waals surface area (Å²) in [6.45, 7) is 5.49. The van der Waals surface area contributed by atoms with Gasteiger partial charge in [-0.05, 0) is 25.5 Å². The van der Waals surface area contributed by atoms with Crippen molar-refractivity contribution in [3.05, 3.63) is 23.9 Å². The fraction of sp³-hybridized carbons (Fsp3) is 0.455. The van der Waals surface area contributed by atoms with Gasteiger partial charge in [0.15, 0.2) is 0 Å². The number of nitrogens with one attached hydrogen (secondary N) is 2. The molecule has 0 aliphatic heterocycles. The SMILES string of the molecule is CCCNC(=O)c1cccc(NCC)n1. The minimum atomic E-state index is -0.114. The first-order chi connectivity index (χ1) is 7.27. The number of hydrogen-bond donors (Lipinski definition) is 2. The quantitative estimate of drug-likeness (QED) is 0.772. The van der Waals surface area contributed by atoms with Crippen LogP contribution in [0.25, 0.3) is 0 Å². The van der Waals surface area contributed by atoms with Gasteiger partial charge < -0.3 is 10.6 Å². The third-order valence-corrected chi connectivity index (χ3v) is 1.88. The van der Waals surface area contributed by atoms with E-state index in [1.165, 1.54) is 0 Å². The van der Waals surface area contributed by atoms with Crippen LogP contribution in [0.2, 0.25) is 0 Å². The molecule has 4 heteroatoms. The lowest BCUT2D eigenvalue weighted by Gasteiger charge is -2.05. The zero-order chi connectivity index (χ0) is 11.1. The summed E-state index contributed by atoms with van der Waals surface area (Å²) in [5.74, 6) is 0.623. The van der Waals surface area contributed by atoms with Crippen molar-refractivity contribution >= 4 is 11.7 Å². The average Bonchev–Trinajstić information content (AvgIpc) is 2.27. The molecule has 4 nitrogen and oxygen atoms in total. The molecular weight excluding hydrogens is 190 g/mol. The van der Waals surface area contributed by atoms with E-state index in [0.29, 0.717) is 12.2 Å². The summed E-state index contributed by atoms with van der Waals surface area (Å²) in [6, 6.07) is 5.39. The molecule has 1 rings (SSSR count). The zero-order valence-corrected chi connectivity index (χ0v) is 9.21. The molecule has 15 heavy (non-hydrogen) atoms. The van der Waals surface area contributed by atoms with Crippen molar-refractivity contribution in [3.8, 4) is 0 Å². The summed E-state index contributed by atoms with van der Waals surface area (Å²) in [7, 11) is 0. The number of amides is 1. The molecule has 0 aliphatic carbocycles. The molecule has 1 aromatic heterocycles. The highest BCUT2D eigenvalue weighted by Gasteiger charge is 2.05. The summed E-state index contributed by atoms with van der Waals surface area (Å²) in [6.07, 6.45) is 0.929. The minimum Gasteiger partial charge on any atom is -0.370 e. The van der Waals surface area contributed by atoms with E-state index in [1.807, 2.05) is 26.0 Å². The Labute approximate surface area is 90.1 Å². The van der Waals surface area contributed by atoms with Gasteiger partial charge in [-0.25, -0.2) is 4.98 Å². The van der Waals surface area contributed by atoms with E-state index in [0.717, 1.165) is 18.8 Å². The molecule has 0 spiro atoms. The Morgan fingerprint density at radius 3 is 2.87 bits per heavy atom. The lowest BCUT2D eigenvalue weighted by atomic mass is 10.3. The standard InChI is InChI=1S/C11H17N3O/c1-3-8-13-11(15)9-6-5-7-10(14-9)12-4-2/h5-7H,3-4,8H2,1-2H3,(H,12,14)(H,13,15). The number of pyridine rings is 1. The fourth-order valence-electron chi connectivity index (χ4n) is 1.17. The van der Waals surface area contributed by atoms with Crippen molar-refractivity contribution in [2.24, 2.45) is 0 Å². The number of carbonyl (C=O) groups excluding carboxylic acids is 1. The van der Waals surface area contributed by atoms with Gasteiger partial charge in [0.05, 0.1) is 0 Å². The van der Waals surface area contributed by atoms with Crippen LogP contribution in [0.5, 0.6) is 0 Å².